The summed E-state index contributed by atoms with van der Waals surface area (Å²) < 4.78 is 7.46. The molecule has 8 heteroatoms. The molecule has 4 atom stereocenters. The number of β-lactam (4-membered cyclic amide) rings is 1. The Bertz CT molecular complexity index is 1270. The number of carboxylic acid groups (broad SMARTS) is 1. The fraction of sp³-hybridized carbons (Fsp3) is 0.517. The quantitative estimate of drug-likeness (QED) is 0.421. The summed E-state index contributed by atoms with van der Waals surface area (Å²) in [6, 6.07) is 12.0. The first-order chi connectivity index (χ1) is 17.8. The third kappa shape index (κ3) is 3.93. The number of benzene rings is 2. The molecule has 0 unspecified atom stereocenters. The van der Waals surface area contributed by atoms with E-state index in [0.29, 0.717) is 11.3 Å². The molecule has 0 radical (unpaired) electrons. The van der Waals surface area contributed by atoms with Crippen molar-refractivity contribution < 1.29 is 29.0 Å². The molecule has 2 bridgehead atoms. The number of carbonyl (C=O) groups is 2. The molecule has 196 valence electrons. The van der Waals surface area contributed by atoms with Gasteiger partial charge in [-0.25, -0.2) is 0 Å². The summed E-state index contributed by atoms with van der Waals surface area (Å²) in [5, 5.41) is 24.2. The van der Waals surface area contributed by atoms with Gasteiger partial charge < -0.3 is 29.1 Å². The van der Waals surface area contributed by atoms with E-state index >= 15 is 0 Å². The molecule has 2 aromatic rings. The molecule has 4 saturated heterocycles. The molecule has 5 heterocycles. The fourth-order valence-corrected chi connectivity index (χ4v) is 7.09. The number of amides is 1. The molecule has 0 aliphatic carbocycles. The zero-order valence-electron chi connectivity index (χ0n) is 21.6. The summed E-state index contributed by atoms with van der Waals surface area (Å²) in [5.74, 6) is -1.89. The van der Waals surface area contributed by atoms with E-state index < -0.39 is 18.0 Å². The van der Waals surface area contributed by atoms with Gasteiger partial charge in [-0.05, 0) is 29.5 Å². The van der Waals surface area contributed by atoms with Crippen LogP contribution in [0.5, 0.6) is 5.75 Å². The third-order valence-corrected chi connectivity index (χ3v) is 9.39. The number of nitrogens with zero attached hydrogens (tertiary/aromatic N) is 3. The van der Waals surface area contributed by atoms with Gasteiger partial charge in [-0.2, -0.15) is 0 Å². The normalized spacial score (nSPS) is 31.4. The largest absolute Gasteiger partial charge is 0.543 e. The molecule has 2 aromatic carbocycles. The van der Waals surface area contributed by atoms with E-state index in [1.54, 1.807) is 6.92 Å². The van der Waals surface area contributed by atoms with Crippen LogP contribution >= 0.6 is 0 Å². The van der Waals surface area contributed by atoms with Crippen LogP contribution in [0.25, 0.3) is 10.8 Å². The zero-order valence-corrected chi connectivity index (χ0v) is 21.6. The van der Waals surface area contributed by atoms with E-state index in [4.69, 9.17) is 4.74 Å². The first kappa shape index (κ1) is 24.4. The molecule has 0 aromatic heterocycles. The summed E-state index contributed by atoms with van der Waals surface area (Å²) in [6.07, 6.45) is 0.174. The Hall–Kier alpha value is -2.94. The number of rotatable bonds is 8. The molecule has 0 spiro atoms. The molecule has 5 aliphatic heterocycles. The molecule has 0 saturated carbocycles. The lowest BCUT2D eigenvalue weighted by atomic mass is 9.78. The van der Waals surface area contributed by atoms with Crippen LogP contribution in [0, 0.1) is 11.8 Å². The Labute approximate surface area is 217 Å². The van der Waals surface area contributed by atoms with Crippen molar-refractivity contribution in [2.45, 2.75) is 32.4 Å². The number of aliphatic hydroxyl groups is 1. The van der Waals surface area contributed by atoms with Gasteiger partial charge in [0.25, 0.3) is 0 Å². The van der Waals surface area contributed by atoms with Crippen LogP contribution in [-0.2, 0) is 16.0 Å². The van der Waals surface area contributed by atoms with Crippen molar-refractivity contribution in [3.05, 3.63) is 53.2 Å². The number of ether oxygens (including phenoxy) is 1. The van der Waals surface area contributed by atoms with Gasteiger partial charge >= 0.3 is 0 Å². The number of carboxylic acids is 1. The molecular formula is C29H35N3O5. The number of aliphatic carboxylic acids is 1. The highest BCUT2D eigenvalue weighted by Crippen LogP contribution is 2.47. The summed E-state index contributed by atoms with van der Waals surface area (Å²) in [7, 11) is 0. The molecule has 1 amide bonds. The smallest absolute Gasteiger partial charge is 0.235 e. The average molecular weight is 506 g/mol. The highest BCUT2D eigenvalue weighted by atomic mass is 16.5. The SMILES string of the molecule is C[C@@H](O)[C@H]1C(=O)N2C(C(=O)[O-])=C(COc3cccc4c(CC[N+]56CCN(CC5)CC6)cccc34)[C@H](C)[C@H]12. The van der Waals surface area contributed by atoms with Crippen LogP contribution < -0.4 is 9.84 Å². The lowest BCUT2D eigenvalue weighted by Crippen LogP contribution is -2.67. The van der Waals surface area contributed by atoms with E-state index in [9.17, 15) is 19.8 Å². The Kier molecular flexibility index (Phi) is 6.01. The molecule has 8 nitrogen and oxygen atoms in total. The van der Waals surface area contributed by atoms with Crippen molar-refractivity contribution in [3.63, 3.8) is 0 Å². The topological polar surface area (TPSA) is 93.1 Å². The predicted molar refractivity (Wildman–Crippen MR) is 136 cm³/mol. The van der Waals surface area contributed by atoms with Crippen LogP contribution in [0.15, 0.2) is 47.7 Å². The second-order valence-electron chi connectivity index (χ2n) is 11.3. The van der Waals surface area contributed by atoms with Crippen molar-refractivity contribution in [2.24, 2.45) is 11.8 Å². The van der Waals surface area contributed by atoms with Gasteiger partial charge in [0.2, 0.25) is 5.91 Å². The van der Waals surface area contributed by atoms with Gasteiger partial charge in [0.15, 0.2) is 0 Å². The Morgan fingerprint density at radius 3 is 2.49 bits per heavy atom. The highest BCUT2D eigenvalue weighted by molar-refractivity contribution is 5.99. The van der Waals surface area contributed by atoms with Gasteiger partial charge in [-0.3, -0.25) is 9.69 Å². The summed E-state index contributed by atoms with van der Waals surface area (Å²) in [5.41, 5.74) is 1.74. The minimum Gasteiger partial charge on any atom is -0.543 e. The number of carbonyl (C=O) groups excluding carboxylic acids is 2. The zero-order chi connectivity index (χ0) is 25.9. The van der Waals surface area contributed by atoms with Gasteiger partial charge in [0.1, 0.15) is 12.4 Å². The van der Waals surface area contributed by atoms with Crippen LogP contribution in [0.4, 0.5) is 0 Å². The third-order valence-electron chi connectivity index (χ3n) is 9.39. The standard InChI is InChI=1S/C29H35N3O5/c1-18-23(27(29(35)36)31-26(18)25(19(2)33)28(31)34)17-37-24-8-4-6-21-20(5-3-7-22(21)24)9-13-32-14-10-30(11-15-32)12-16-32/h3-8,18-19,25-26,33H,9-17H2,1-2H3/t18-,19+,25+,26+/m0/s1. The maximum atomic E-state index is 12.6. The van der Waals surface area contributed by atoms with E-state index in [2.05, 4.69) is 23.1 Å². The number of hydrogen-bond donors (Lipinski definition) is 1. The first-order valence-corrected chi connectivity index (χ1v) is 13.5. The van der Waals surface area contributed by atoms with Gasteiger partial charge in [0.05, 0.1) is 55.9 Å². The Balaban J connectivity index is 1.23. The highest BCUT2D eigenvalue weighted by Gasteiger charge is 2.58. The molecule has 5 aliphatic rings. The van der Waals surface area contributed by atoms with E-state index in [1.807, 2.05) is 25.1 Å². The van der Waals surface area contributed by atoms with E-state index in [0.717, 1.165) is 23.7 Å². The minimum atomic E-state index is -1.38. The average Bonchev–Trinajstić information content (AvgIpc) is 3.15. The van der Waals surface area contributed by atoms with E-state index in [-0.39, 0.29) is 30.2 Å². The first-order valence-electron chi connectivity index (χ1n) is 13.5. The summed E-state index contributed by atoms with van der Waals surface area (Å²) in [4.78, 5) is 28.5. The second kappa shape index (κ2) is 9.11. The van der Waals surface area contributed by atoms with Crippen LogP contribution in [-0.4, -0.2) is 95.8 Å². The predicted octanol–water partition coefficient (Wildman–Crippen LogP) is 0.769. The lowest BCUT2D eigenvalue weighted by Gasteiger charge is -2.50. The molecular weight excluding hydrogens is 470 g/mol. The lowest BCUT2D eigenvalue weighted by molar-refractivity contribution is -0.940. The minimum absolute atomic E-state index is 0.0527. The number of fused-ring (bicyclic) bond motifs is 5. The summed E-state index contributed by atoms with van der Waals surface area (Å²) >= 11 is 0. The van der Waals surface area contributed by atoms with Crippen molar-refractivity contribution in [2.75, 3.05) is 52.4 Å². The monoisotopic (exact) mass is 505 g/mol. The molecule has 4 fully saturated rings. The Morgan fingerprint density at radius 1 is 1.14 bits per heavy atom. The summed E-state index contributed by atoms with van der Waals surface area (Å²) in [6.45, 7) is 12.0. The maximum Gasteiger partial charge on any atom is 0.235 e. The Morgan fingerprint density at radius 2 is 1.81 bits per heavy atom. The van der Waals surface area contributed by atoms with Crippen molar-refractivity contribution >= 4 is 22.6 Å². The van der Waals surface area contributed by atoms with E-state index in [1.165, 1.54) is 54.2 Å². The van der Waals surface area contributed by atoms with Gasteiger partial charge in [-0.1, -0.05) is 37.3 Å². The molecule has 1 N–H and O–H groups in total. The van der Waals surface area contributed by atoms with Crippen molar-refractivity contribution in [1.29, 1.82) is 0 Å². The van der Waals surface area contributed by atoms with Crippen molar-refractivity contribution in [1.82, 2.24) is 9.80 Å². The number of hydrogen-bond acceptors (Lipinski definition) is 6. The molecule has 37 heavy (non-hydrogen) atoms. The number of aliphatic hydroxyl groups excluding tert-OH is 1. The second-order valence-corrected chi connectivity index (χ2v) is 11.3. The number of quaternary nitrogens is 1. The molecule has 7 rings (SSSR count). The van der Waals surface area contributed by atoms with Gasteiger partial charge in [-0.15, -0.1) is 0 Å². The van der Waals surface area contributed by atoms with Gasteiger partial charge in [0, 0.05) is 37.4 Å². The van der Waals surface area contributed by atoms with Crippen LogP contribution in [0.3, 0.4) is 0 Å². The maximum absolute atomic E-state index is 12.6. The number of piperazine rings is 3. The van der Waals surface area contributed by atoms with Crippen LogP contribution in [0.1, 0.15) is 19.4 Å². The van der Waals surface area contributed by atoms with Crippen LogP contribution in [0.2, 0.25) is 0 Å². The fourth-order valence-electron chi connectivity index (χ4n) is 7.09. The van der Waals surface area contributed by atoms with Crippen molar-refractivity contribution in [3.8, 4) is 5.75 Å².